The van der Waals surface area contributed by atoms with Crippen molar-refractivity contribution in [1.82, 2.24) is 14.5 Å². The molecule has 7 heteroatoms. The van der Waals surface area contributed by atoms with Gasteiger partial charge in [-0.05, 0) is 38.2 Å². The van der Waals surface area contributed by atoms with E-state index >= 15 is 0 Å². The van der Waals surface area contributed by atoms with Crippen molar-refractivity contribution in [3.63, 3.8) is 0 Å². The van der Waals surface area contributed by atoms with Crippen LogP contribution in [0.25, 0.3) is 10.2 Å². The summed E-state index contributed by atoms with van der Waals surface area (Å²) < 4.78 is 7.06. The van der Waals surface area contributed by atoms with E-state index in [0.717, 1.165) is 56.5 Å². The summed E-state index contributed by atoms with van der Waals surface area (Å²) in [4.78, 5) is 34.6. The highest BCUT2D eigenvalue weighted by atomic mass is 32.1. The number of hydrogen-bond acceptors (Lipinski definition) is 5. The van der Waals surface area contributed by atoms with E-state index in [9.17, 15) is 9.59 Å². The van der Waals surface area contributed by atoms with Gasteiger partial charge in [0.15, 0.2) is 0 Å². The van der Waals surface area contributed by atoms with Crippen molar-refractivity contribution in [2.75, 3.05) is 20.3 Å². The van der Waals surface area contributed by atoms with Crippen LogP contribution >= 0.6 is 11.3 Å². The van der Waals surface area contributed by atoms with E-state index in [-0.39, 0.29) is 17.5 Å². The third-order valence-corrected chi connectivity index (χ3v) is 6.96. The fourth-order valence-electron chi connectivity index (χ4n) is 4.11. The van der Waals surface area contributed by atoms with Crippen LogP contribution in [0.4, 0.5) is 0 Å². The van der Waals surface area contributed by atoms with E-state index in [0.29, 0.717) is 28.2 Å². The number of carbonyl (C=O) groups excluding carboxylic acids is 1. The lowest BCUT2D eigenvalue weighted by molar-refractivity contribution is 0.0593. The summed E-state index contributed by atoms with van der Waals surface area (Å²) >= 11 is 1.37. The molecule has 0 saturated heterocycles. The zero-order chi connectivity index (χ0) is 20.3. The van der Waals surface area contributed by atoms with E-state index in [1.54, 1.807) is 7.11 Å². The van der Waals surface area contributed by atoms with Gasteiger partial charge in [-0.2, -0.15) is 0 Å². The third-order valence-electron chi connectivity index (χ3n) is 5.79. The topological polar surface area (TPSA) is 64.4 Å². The zero-order valence-electron chi connectivity index (χ0n) is 17.4. The van der Waals surface area contributed by atoms with Crippen LogP contribution in [-0.2, 0) is 17.7 Å². The van der Waals surface area contributed by atoms with Gasteiger partial charge >= 0.3 is 0 Å². The molecule has 1 aliphatic rings. The molecule has 154 valence electrons. The first-order valence-electron chi connectivity index (χ1n) is 10.4. The fourth-order valence-corrected chi connectivity index (χ4v) is 5.26. The van der Waals surface area contributed by atoms with E-state index < -0.39 is 0 Å². The van der Waals surface area contributed by atoms with Gasteiger partial charge in [-0.15, -0.1) is 11.3 Å². The predicted octanol–water partition coefficient (Wildman–Crippen LogP) is 3.77. The molecule has 0 atom stereocenters. The molecule has 0 bridgehead atoms. The standard InChI is InChI=1S/C21H31N3O3S/c1-5-15(6-2)23(12-13-27-4)21(26)18-14(3)17-19(28-18)22-16-10-8-7-9-11-24(16)20(17)25/h15H,5-13H2,1-4H3. The van der Waals surface area contributed by atoms with E-state index in [4.69, 9.17) is 9.72 Å². The molecule has 0 radical (unpaired) electrons. The van der Waals surface area contributed by atoms with Gasteiger partial charge in [-0.1, -0.05) is 20.3 Å². The Bertz CT molecular complexity index is 898. The average molecular weight is 406 g/mol. The number of ether oxygens (including phenoxy) is 1. The van der Waals surface area contributed by atoms with Crippen LogP contribution in [0.2, 0.25) is 0 Å². The minimum atomic E-state index is -0.00848. The van der Waals surface area contributed by atoms with Crippen LogP contribution in [-0.4, -0.2) is 46.7 Å². The molecular formula is C21H31N3O3S. The Kier molecular flexibility index (Phi) is 6.88. The van der Waals surface area contributed by atoms with Crippen LogP contribution in [0, 0.1) is 6.92 Å². The van der Waals surface area contributed by atoms with Crippen LogP contribution < -0.4 is 5.56 Å². The largest absolute Gasteiger partial charge is 0.383 e. The smallest absolute Gasteiger partial charge is 0.264 e. The summed E-state index contributed by atoms with van der Waals surface area (Å²) in [5, 5.41) is 0.621. The van der Waals surface area contributed by atoms with E-state index in [1.807, 2.05) is 16.4 Å². The van der Waals surface area contributed by atoms with Gasteiger partial charge in [0, 0.05) is 32.7 Å². The van der Waals surface area contributed by atoms with Gasteiger partial charge in [-0.25, -0.2) is 4.98 Å². The first kappa shape index (κ1) is 21.0. The molecule has 0 saturated carbocycles. The molecule has 0 aromatic carbocycles. The molecule has 6 nitrogen and oxygen atoms in total. The number of nitrogens with zero attached hydrogens (tertiary/aromatic N) is 3. The zero-order valence-corrected chi connectivity index (χ0v) is 18.2. The lowest BCUT2D eigenvalue weighted by Gasteiger charge is -2.30. The SMILES string of the molecule is CCC(CC)N(CCOC)C(=O)c1sc2nc3n(c(=O)c2c1C)CCCCC3. The van der Waals surface area contributed by atoms with Crippen molar-refractivity contribution >= 4 is 27.5 Å². The molecule has 0 unspecified atom stereocenters. The number of fused-ring (bicyclic) bond motifs is 2. The molecule has 1 amide bonds. The van der Waals surface area contributed by atoms with Crippen molar-refractivity contribution in [3.05, 3.63) is 26.6 Å². The number of methoxy groups -OCH3 is 1. The number of hydrogen-bond donors (Lipinski definition) is 0. The monoisotopic (exact) mass is 405 g/mol. The number of aryl methyl sites for hydroxylation is 2. The number of rotatable bonds is 7. The summed E-state index contributed by atoms with van der Waals surface area (Å²) in [6.45, 7) is 7.87. The molecule has 1 aliphatic heterocycles. The highest BCUT2D eigenvalue weighted by Gasteiger charge is 2.28. The second kappa shape index (κ2) is 9.18. The third kappa shape index (κ3) is 3.87. The fraction of sp³-hybridized carbons (Fsp3) is 0.667. The molecule has 2 aromatic heterocycles. The summed E-state index contributed by atoms with van der Waals surface area (Å²) in [6, 6.07) is 0.165. The Hall–Kier alpha value is -1.73. The number of thiophene rings is 1. The maximum absolute atomic E-state index is 13.4. The van der Waals surface area contributed by atoms with Gasteiger partial charge in [0.1, 0.15) is 10.7 Å². The number of aromatic nitrogens is 2. The van der Waals surface area contributed by atoms with Crippen LogP contribution in [0.5, 0.6) is 0 Å². The molecule has 0 N–H and O–H groups in total. The van der Waals surface area contributed by atoms with Crippen molar-refractivity contribution in [2.24, 2.45) is 0 Å². The maximum atomic E-state index is 13.4. The maximum Gasteiger partial charge on any atom is 0.264 e. The normalized spacial score (nSPS) is 14.3. The quantitative estimate of drug-likeness (QED) is 0.703. The van der Waals surface area contributed by atoms with Crippen LogP contribution in [0.1, 0.15) is 67.0 Å². The van der Waals surface area contributed by atoms with Crippen molar-refractivity contribution < 1.29 is 9.53 Å². The number of carbonyl (C=O) groups is 1. The Labute approximate surface area is 170 Å². The lowest BCUT2D eigenvalue weighted by Crippen LogP contribution is -2.41. The highest BCUT2D eigenvalue weighted by molar-refractivity contribution is 7.20. The Morgan fingerprint density at radius 3 is 2.71 bits per heavy atom. The summed E-state index contributed by atoms with van der Waals surface area (Å²) in [5.41, 5.74) is 0.788. The Morgan fingerprint density at radius 2 is 2.04 bits per heavy atom. The minimum Gasteiger partial charge on any atom is -0.383 e. The molecule has 2 aromatic rings. The van der Waals surface area contributed by atoms with Gasteiger partial charge in [0.2, 0.25) is 0 Å². The van der Waals surface area contributed by atoms with Crippen LogP contribution in [0.3, 0.4) is 0 Å². The summed E-state index contributed by atoms with van der Waals surface area (Å²) in [5.74, 6) is 0.859. The molecule has 0 fully saturated rings. The molecule has 0 aliphatic carbocycles. The van der Waals surface area contributed by atoms with Gasteiger partial charge in [-0.3, -0.25) is 14.2 Å². The van der Waals surface area contributed by atoms with Gasteiger partial charge < -0.3 is 9.64 Å². The molecule has 3 rings (SSSR count). The van der Waals surface area contributed by atoms with Gasteiger partial charge in [0.05, 0.1) is 16.9 Å². The highest BCUT2D eigenvalue weighted by Crippen LogP contribution is 2.30. The molecule has 3 heterocycles. The Balaban J connectivity index is 2.07. The first-order valence-corrected chi connectivity index (χ1v) is 11.2. The number of amides is 1. The average Bonchev–Trinajstić information content (AvgIpc) is 2.86. The summed E-state index contributed by atoms with van der Waals surface area (Å²) in [7, 11) is 1.65. The molecular weight excluding hydrogens is 374 g/mol. The second-order valence-corrected chi connectivity index (χ2v) is 8.49. The lowest BCUT2D eigenvalue weighted by atomic mass is 10.1. The van der Waals surface area contributed by atoms with Crippen LogP contribution in [0.15, 0.2) is 4.79 Å². The van der Waals surface area contributed by atoms with E-state index in [1.165, 1.54) is 11.3 Å². The van der Waals surface area contributed by atoms with Crippen molar-refractivity contribution in [1.29, 1.82) is 0 Å². The predicted molar refractivity (Wildman–Crippen MR) is 113 cm³/mol. The second-order valence-electron chi connectivity index (χ2n) is 7.49. The Morgan fingerprint density at radius 1 is 1.29 bits per heavy atom. The van der Waals surface area contributed by atoms with Crippen molar-refractivity contribution in [2.45, 2.75) is 71.9 Å². The first-order chi connectivity index (χ1) is 13.5. The van der Waals surface area contributed by atoms with E-state index in [2.05, 4.69) is 13.8 Å². The summed E-state index contributed by atoms with van der Waals surface area (Å²) in [6.07, 6.45) is 5.82. The van der Waals surface area contributed by atoms with Crippen molar-refractivity contribution in [3.8, 4) is 0 Å². The molecule has 28 heavy (non-hydrogen) atoms. The molecule has 0 spiro atoms. The minimum absolute atomic E-state index is 0.00848. The van der Waals surface area contributed by atoms with Gasteiger partial charge in [0.25, 0.3) is 11.5 Å².